The molecule has 29 heavy (non-hydrogen) atoms. The Morgan fingerprint density at radius 2 is 1.62 bits per heavy atom. The molecule has 0 fully saturated rings. The van der Waals surface area contributed by atoms with Gasteiger partial charge in [0.15, 0.2) is 0 Å². The highest BCUT2D eigenvalue weighted by Crippen LogP contribution is 2.57. The second-order valence-corrected chi connectivity index (χ2v) is 9.21. The number of alkyl halides is 7. The average molecular weight is 544 g/mol. The van der Waals surface area contributed by atoms with Crippen LogP contribution in [0.2, 0.25) is 0 Å². The summed E-state index contributed by atoms with van der Waals surface area (Å²) in [6, 6.07) is 10.4. The number of hydrogen-bond donors (Lipinski definition) is 0. The number of nitrogens with zero attached hydrogens (tertiary/aromatic N) is 2. The molecule has 3 aromatic rings. The molecule has 1 heterocycles. The Labute approximate surface area is 180 Å². The van der Waals surface area contributed by atoms with Crippen molar-refractivity contribution in [3.05, 3.63) is 48.0 Å². The molecule has 0 saturated carbocycles. The van der Waals surface area contributed by atoms with Crippen LogP contribution in [0, 0.1) is 0 Å². The van der Waals surface area contributed by atoms with E-state index in [2.05, 4.69) is 4.98 Å². The van der Waals surface area contributed by atoms with Gasteiger partial charge in [0.2, 0.25) is 3.42 Å². The molecule has 2 aromatic carbocycles. The minimum atomic E-state index is -5.51. The van der Waals surface area contributed by atoms with Gasteiger partial charge in [0.1, 0.15) is 5.82 Å². The summed E-state index contributed by atoms with van der Waals surface area (Å²) in [5, 5.41) is 0. The van der Waals surface area contributed by atoms with Crippen molar-refractivity contribution in [1.29, 1.82) is 0 Å². The van der Waals surface area contributed by atoms with Crippen LogP contribution in [0.3, 0.4) is 0 Å². The van der Waals surface area contributed by atoms with Gasteiger partial charge in [-0.2, -0.15) is 26.3 Å². The molecule has 0 amide bonds. The number of thioether (sulfide) groups is 1. The summed E-state index contributed by atoms with van der Waals surface area (Å²) in [6.07, 6.45) is -11.0. The molecule has 0 radical (unpaired) electrons. The zero-order chi connectivity index (χ0) is 21.6. The van der Waals surface area contributed by atoms with E-state index in [0.717, 1.165) is 28.3 Å². The van der Waals surface area contributed by atoms with Crippen LogP contribution in [0.5, 0.6) is 0 Å². The van der Waals surface area contributed by atoms with Gasteiger partial charge in [-0.05, 0) is 29.5 Å². The normalized spacial score (nSPS) is 13.3. The lowest BCUT2D eigenvalue weighted by atomic mass is 9.97. The Kier molecular flexibility index (Phi) is 5.89. The third-order valence-corrected chi connectivity index (χ3v) is 7.29. The standard InChI is InChI=1S/C19H15F6IN2S/c1-3-29-15-7-5-4-6-12(15)16-27-13-10-11(8-9-14(13)28(16)2)17(26,18(20,21)22)19(23,24)25/h4-10H,3H2,1-2H3. The molecule has 0 bridgehead atoms. The van der Waals surface area contributed by atoms with Crippen molar-refractivity contribution in [1.82, 2.24) is 9.55 Å². The van der Waals surface area contributed by atoms with E-state index in [1.54, 1.807) is 23.4 Å². The van der Waals surface area contributed by atoms with E-state index in [9.17, 15) is 26.3 Å². The quantitative estimate of drug-likeness (QED) is 0.151. The number of aryl methyl sites for hydroxylation is 1. The van der Waals surface area contributed by atoms with E-state index in [0.29, 0.717) is 33.9 Å². The first-order valence-corrected chi connectivity index (χ1v) is 10.5. The van der Waals surface area contributed by atoms with Gasteiger partial charge in [-0.25, -0.2) is 4.98 Å². The van der Waals surface area contributed by atoms with Crippen molar-refractivity contribution in [2.24, 2.45) is 7.05 Å². The summed E-state index contributed by atoms with van der Waals surface area (Å²) in [5.41, 5.74) is 0.396. The van der Waals surface area contributed by atoms with Crippen LogP contribution in [0.25, 0.3) is 22.4 Å². The van der Waals surface area contributed by atoms with Gasteiger partial charge in [-0.15, -0.1) is 11.8 Å². The monoisotopic (exact) mass is 544 g/mol. The van der Waals surface area contributed by atoms with Gasteiger partial charge in [0, 0.05) is 17.5 Å². The van der Waals surface area contributed by atoms with Crippen molar-refractivity contribution in [2.45, 2.75) is 27.6 Å². The van der Waals surface area contributed by atoms with E-state index in [4.69, 9.17) is 0 Å². The summed E-state index contributed by atoms with van der Waals surface area (Å²) in [6.45, 7) is 1.98. The number of benzene rings is 2. The molecule has 0 spiro atoms. The molecule has 0 aliphatic heterocycles. The highest BCUT2D eigenvalue weighted by Gasteiger charge is 2.70. The second-order valence-electron chi connectivity index (χ2n) is 6.28. The van der Waals surface area contributed by atoms with Crippen LogP contribution in [0.4, 0.5) is 26.3 Å². The second kappa shape index (κ2) is 7.68. The number of fused-ring (bicyclic) bond motifs is 1. The molecule has 1 aromatic heterocycles. The maximum atomic E-state index is 13.4. The molecule has 0 aliphatic carbocycles. The summed E-state index contributed by atoms with van der Waals surface area (Å²) < 4.78 is 78.2. The molecule has 156 valence electrons. The van der Waals surface area contributed by atoms with Crippen molar-refractivity contribution in [3.8, 4) is 11.4 Å². The van der Waals surface area contributed by atoms with Gasteiger partial charge in [0.05, 0.1) is 11.0 Å². The molecular formula is C19H15F6IN2S. The zero-order valence-electron chi connectivity index (χ0n) is 15.2. The molecule has 0 unspecified atom stereocenters. The molecule has 10 heteroatoms. The average Bonchev–Trinajstić information content (AvgIpc) is 2.96. The van der Waals surface area contributed by atoms with E-state index in [-0.39, 0.29) is 5.52 Å². The Hall–Kier alpha value is -1.43. The molecular weight excluding hydrogens is 529 g/mol. The van der Waals surface area contributed by atoms with E-state index < -0.39 is 21.3 Å². The highest BCUT2D eigenvalue weighted by atomic mass is 127. The fourth-order valence-corrected chi connectivity index (χ4v) is 4.21. The molecule has 0 aliphatic rings. The Morgan fingerprint density at radius 1 is 1.00 bits per heavy atom. The van der Waals surface area contributed by atoms with E-state index >= 15 is 0 Å². The van der Waals surface area contributed by atoms with Crippen molar-refractivity contribution >= 4 is 45.4 Å². The Morgan fingerprint density at radius 3 is 2.21 bits per heavy atom. The summed E-state index contributed by atoms with van der Waals surface area (Å²) in [4.78, 5) is 5.31. The lowest BCUT2D eigenvalue weighted by Crippen LogP contribution is -2.48. The first-order valence-electron chi connectivity index (χ1n) is 8.43. The minimum Gasteiger partial charge on any atom is -0.327 e. The lowest BCUT2D eigenvalue weighted by Gasteiger charge is -2.32. The van der Waals surface area contributed by atoms with Crippen LogP contribution in [0.1, 0.15) is 12.5 Å². The van der Waals surface area contributed by atoms with Crippen LogP contribution < -0.4 is 0 Å². The topological polar surface area (TPSA) is 17.8 Å². The highest BCUT2D eigenvalue weighted by molar-refractivity contribution is 14.1. The molecule has 0 N–H and O–H groups in total. The number of halogens is 7. The fraction of sp³-hybridized carbons (Fsp3) is 0.316. The lowest BCUT2D eigenvalue weighted by molar-refractivity contribution is -0.261. The van der Waals surface area contributed by atoms with Gasteiger partial charge in [-0.1, -0.05) is 53.8 Å². The number of hydrogen-bond acceptors (Lipinski definition) is 2. The first kappa shape index (κ1) is 22.3. The van der Waals surface area contributed by atoms with Crippen LogP contribution >= 0.6 is 34.4 Å². The third kappa shape index (κ3) is 3.73. The predicted molar refractivity (Wildman–Crippen MR) is 110 cm³/mol. The minimum absolute atomic E-state index is 0.0749. The fourth-order valence-electron chi connectivity index (χ4n) is 3.08. The third-order valence-electron chi connectivity index (χ3n) is 4.49. The molecule has 0 saturated heterocycles. The van der Waals surface area contributed by atoms with Crippen molar-refractivity contribution in [3.63, 3.8) is 0 Å². The van der Waals surface area contributed by atoms with Crippen molar-refractivity contribution < 1.29 is 26.3 Å². The maximum Gasteiger partial charge on any atom is 0.416 e. The smallest absolute Gasteiger partial charge is 0.327 e. The molecule has 3 rings (SSSR count). The first-order chi connectivity index (χ1) is 13.4. The predicted octanol–water partition coefficient (Wildman–Crippen LogP) is 7.11. The summed E-state index contributed by atoms with van der Waals surface area (Å²) >= 11 is 2.02. The Balaban J connectivity index is 2.21. The Bertz CT molecular complexity index is 1030. The van der Waals surface area contributed by atoms with Crippen LogP contribution in [-0.2, 0) is 10.5 Å². The maximum absolute atomic E-state index is 13.4. The largest absolute Gasteiger partial charge is 0.416 e. The number of imidazole rings is 1. The van der Waals surface area contributed by atoms with Gasteiger partial charge in [0.25, 0.3) is 0 Å². The van der Waals surface area contributed by atoms with Crippen LogP contribution in [-0.4, -0.2) is 27.7 Å². The summed E-state index contributed by atoms with van der Waals surface area (Å²) in [7, 11) is 1.68. The van der Waals surface area contributed by atoms with Gasteiger partial charge < -0.3 is 4.57 Å². The van der Waals surface area contributed by atoms with E-state index in [1.165, 1.54) is 6.07 Å². The molecule has 2 nitrogen and oxygen atoms in total. The van der Waals surface area contributed by atoms with E-state index in [1.807, 2.05) is 31.2 Å². The van der Waals surface area contributed by atoms with Gasteiger partial charge >= 0.3 is 12.4 Å². The summed E-state index contributed by atoms with van der Waals surface area (Å²) in [5.74, 6) is 1.28. The SMILES string of the molecule is CCSc1ccccc1-c1nc2cc(C(I)(C(F)(F)F)C(F)(F)F)ccc2n1C. The number of aromatic nitrogens is 2. The van der Waals surface area contributed by atoms with Gasteiger partial charge in [-0.3, -0.25) is 0 Å². The van der Waals surface area contributed by atoms with Crippen molar-refractivity contribution in [2.75, 3.05) is 5.75 Å². The number of rotatable bonds is 4. The molecule has 0 atom stereocenters. The zero-order valence-corrected chi connectivity index (χ0v) is 18.2. The van der Waals surface area contributed by atoms with Crippen LogP contribution in [0.15, 0.2) is 47.4 Å².